The second-order valence-electron chi connectivity index (χ2n) is 7.81. The predicted molar refractivity (Wildman–Crippen MR) is 111 cm³/mol. The summed E-state index contributed by atoms with van der Waals surface area (Å²) in [5.74, 6) is 2.44. The van der Waals surface area contributed by atoms with Crippen LogP contribution in [0.15, 0.2) is 29.3 Å². The molecule has 2 aromatic rings. The maximum Gasteiger partial charge on any atom is 0.231 e. The van der Waals surface area contributed by atoms with Crippen molar-refractivity contribution in [2.75, 3.05) is 26.9 Å². The zero-order valence-corrected chi connectivity index (χ0v) is 17.5. The highest BCUT2D eigenvalue weighted by molar-refractivity contribution is 5.79. The number of rotatable bonds is 7. The van der Waals surface area contributed by atoms with Crippen molar-refractivity contribution in [2.45, 2.75) is 46.1 Å². The molecule has 0 radical (unpaired) electrons. The summed E-state index contributed by atoms with van der Waals surface area (Å²) < 4.78 is 13.0. The average molecular weight is 386 g/mol. The third kappa shape index (κ3) is 4.77. The average Bonchev–Trinajstić information content (AvgIpc) is 3.26. The molecule has 7 nitrogen and oxygen atoms in total. The number of guanidine groups is 1. The van der Waals surface area contributed by atoms with Crippen molar-refractivity contribution in [3.63, 3.8) is 0 Å². The third-order valence-corrected chi connectivity index (χ3v) is 5.02. The monoisotopic (exact) mass is 385 g/mol. The fraction of sp³-hybridized carbons (Fsp3) is 0.524. The lowest BCUT2D eigenvalue weighted by Gasteiger charge is -2.27. The van der Waals surface area contributed by atoms with Crippen LogP contribution in [0.2, 0.25) is 0 Å². The van der Waals surface area contributed by atoms with E-state index in [4.69, 9.17) is 9.47 Å². The number of aliphatic imine (C=N–C) groups is 1. The van der Waals surface area contributed by atoms with Gasteiger partial charge in [-0.15, -0.1) is 0 Å². The Kier molecular flexibility index (Phi) is 6.11. The lowest BCUT2D eigenvalue weighted by atomic mass is 9.84. The summed E-state index contributed by atoms with van der Waals surface area (Å²) in [6, 6.07) is 8.24. The van der Waals surface area contributed by atoms with Crippen LogP contribution >= 0.6 is 0 Å². The molecule has 0 saturated carbocycles. The SMILES string of the molecule is CN=C(NCCCn1nc(C)cc1C)NCC(C)(C)c1ccc2c(c1)OCO2. The summed E-state index contributed by atoms with van der Waals surface area (Å²) in [5, 5.41) is 11.3. The van der Waals surface area contributed by atoms with Crippen LogP contribution in [0.5, 0.6) is 11.5 Å². The molecule has 2 N–H and O–H groups in total. The number of hydrogen-bond acceptors (Lipinski definition) is 4. The van der Waals surface area contributed by atoms with Crippen LogP contribution < -0.4 is 20.1 Å². The number of ether oxygens (including phenoxy) is 2. The van der Waals surface area contributed by atoms with Crippen molar-refractivity contribution in [1.82, 2.24) is 20.4 Å². The molecule has 0 fully saturated rings. The van der Waals surface area contributed by atoms with Gasteiger partial charge in [-0.1, -0.05) is 19.9 Å². The Labute approximate surface area is 167 Å². The molecule has 0 bridgehead atoms. The van der Waals surface area contributed by atoms with Crippen molar-refractivity contribution in [2.24, 2.45) is 4.99 Å². The van der Waals surface area contributed by atoms with Gasteiger partial charge in [0.15, 0.2) is 17.5 Å². The van der Waals surface area contributed by atoms with Crippen LogP contribution in [0.3, 0.4) is 0 Å². The van der Waals surface area contributed by atoms with E-state index in [1.54, 1.807) is 7.05 Å². The van der Waals surface area contributed by atoms with E-state index in [-0.39, 0.29) is 5.41 Å². The highest BCUT2D eigenvalue weighted by Gasteiger charge is 2.24. The van der Waals surface area contributed by atoms with Gasteiger partial charge in [0.1, 0.15) is 0 Å². The largest absolute Gasteiger partial charge is 0.454 e. The first-order valence-corrected chi connectivity index (χ1v) is 9.75. The van der Waals surface area contributed by atoms with Gasteiger partial charge in [0, 0.05) is 37.8 Å². The molecule has 0 amide bonds. The highest BCUT2D eigenvalue weighted by atomic mass is 16.7. The number of nitrogens with zero attached hydrogens (tertiary/aromatic N) is 3. The fourth-order valence-electron chi connectivity index (χ4n) is 3.28. The first-order chi connectivity index (χ1) is 13.4. The predicted octanol–water partition coefficient (Wildman–Crippen LogP) is 2.76. The molecule has 1 aromatic carbocycles. The molecule has 1 aromatic heterocycles. The number of aryl methyl sites for hydroxylation is 3. The van der Waals surface area contributed by atoms with Crippen LogP contribution in [-0.2, 0) is 12.0 Å². The Balaban J connectivity index is 1.47. The van der Waals surface area contributed by atoms with Gasteiger partial charge in [0.05, 0.1) is 5.69 Å². The molecule has 0 spiro atoms. The molecule has 28 heavy (non-hydrogen) atoms. The fourth-order valence-corrected chi connectivity index (χ4v) is 3.28. The zero-order chi connectivity index (χ0) is 20.1. The molecular weight excluding hydrogens is 354 g/mol. The van der Waals surface area contributed by atoms with Crippen LogP contribution in [-0.4, -0.2) is 42.7 Å². The minimum Gasteiger partial charge on any atom is -0.454 e. The molecule has 0 atom stereocenters. The number of nitrogens with one attached hydrogen (secondary N) is 2. The summed E-state index contributed by atoms with van der Waals surface area (Å²) in [5.41, 5.74) is 3.38. The van der Waals surface area contributed by atoms with E-state index >= 15 is 0 Å². The molecule has 152 valence electrons. The van der Waals surface area contributed by atoms with Crippen molar-refractivity contribution < 1.29 is 9.47 Å². The van der Waals surface area contributed by atoms with Gasteiger partial charge in [-0.3, -0.25) is 9.67 Å². The number of hydrogen-bond donors (Lipinski definition) is 2. The van der Waals surface area contributed by atoms with Gasteiger partial charge >= 0.3 is 0 Å². The van der Waals surface area contributed by atoms with E-state index in [1.165, 1.54) is 11.3 Å². The smallest absolute Gasteiger partial charge is 0.231 e. The number of benzene rings is 1. The first kappa shape index (κ1) is 20.0. The summed E-state index contributed by atoms with van der Waals surface area (Å²) in [4.78, 5) is 4.34. The van der Waals surface area contributed by atoms with Crippen LogP contribution in [0.4, 0.5) is 0 Å². The number of fused-ring (bicyclic) bond motifs is 1. The Morgan fingerprint density at radius 3 is 2.68 bits per heavy atom. The highest BCUT2D eigenvalue weighted by Crippen LogP contribution is 2.36. The maximum atomic E-state index is 5.51. The van der Waals surface area contributed by atoms with E-state index in [1.807, 2.05) is 13.0 Å². The normalized spacial score (nSPS) is 13.7. The van der Waals surface area contributed by atoms with Gasteiger partial charge < -0.3 is 20.1 Å². The standard InChI is InChI=1S/C21H31N5O2/c1-15-11-16(2)26(25-15)10-6-9-23-20(22-5)24-13-21(3,4)17-7-8-18-19(12-17)28-14-27-18/h7-8,11-12H,6,9-10,13-14H2,1-5H3,(H2,22,23,24). The Hall–Kier alpha value is -2.70. The maximum absolute atomic E-state index is 5.51. The van der Waals surface area contributed by atoms with Gasteiger partial charge in [0.25, 0.3) is 0 Å². The third-order valence-electron chi connectivity index (χ3n) is 5.02. The Morgan fingerprint density at radius 2 is 1.96 bits per heavy atom. The molecule has 0 saturated heterocycles. The van der Waals surface area contributed by atoms with Crippen molar-refractivity contribution >= 4 is 5.96 Å². The van der Waals surface area contributed by atoms with E-state index in [2.05, 4.69) is 64.4 Å². The van der Waals surface area contributed by atoms with Crippen LogP contribution in [0.25, 0.3) is 0 Å². The van der Waals surface area contributed by atoms with Gasteiger partial charge in [-0.05, 0) is 44.0 Å². The van der Waals surface area contributed by atoms with Crippen molar-refractivity contribution in [1.29, 1.82) is 0 Å². The molecule has 1 aliphatic rings. The summed E-state index contributed by atoms with van der Waals surface area (Å²) >= 11 is 0. The van der Waals surface area contributed by atoms with E-state index in [0.29, 0.717) is 6.79 Å². The summed E-state index contributed by atoms with van der Waals surface area (Å²) in [6.45, 7) is 11.3. The molecule has 0 aliphatic carbocycles. The van der Waals surface area contributed by atoms with Gasteiger partial charge in [-0.2, -0.15) is 5.10 Å². The van der Waals surface area contributed by atoms with Gasteiger partial charge in [0.2, 0.25) is 6.79 Å². The molecule has 2 heterocycles. The molecule has 0 unspecified atom stereocenters. The van der Waals surface area contributed by atoms with Gasteiger partial charge in [-0.25, -0.2) is 0 Å². The lowest BCUT2D eigenvalue weighted by Crippen LogP contribution is -2.43. The minimum atomic E-state index is -0.0811. The van der Waals surface area contributed by atoms with Crippen LogP contribution in [0, 0.1) is 13.8 Å². The van der Waals surface area contributed by atoms with E-state index < -0.39 is 0 Å². The minimum absolute atomic E-state index is 0.0811. The topological polar surface area (TPSA) is 72.7 Å². The zero-order valence-electron chi connectivity index (χ0n) is 17.5. The van der Waals surface area contributed by atoms with E-state index in [9.17, 15) is 0 Å². The first-order valence-electron chi connectivity index (χ1n) is 9.75. The lowest BCUT2D eigenvalue weighted by molar-refractivity contribution is 0.174. The van der Waals surface area contributed by atoms with E-state index in [0.717, 1.165) is 49.2 Å². The Bertz CT molecular complexity index is 841. The summed E-state index contributed by atoms with van der Waals surface area (Å²) in [6.07, 6.45) is 0.980. The van der Waals surface area contributed by atoms with Crippen molar-refractivity contribution in [3.05, 3.63) is 41.2 Å². The Morgan fingerprint density at radius 1 is 1.18 bits per heavy atom. The quantitative estimate of drug-likeness (QED) is 0.436. The summed E-state index contributed by atoms with van der Waals surface area (Å²) in [7, 11) is 1.80. The second kappa shape index (κ2) is 8.54. The van der Waals surface area contributed by atoms with Crippen molar-refractivity contribution in [3.8, 4) is 11.5 Å². The molecule has 3 rings (SSSR count). The molecule has 1 aliphatic heterocycles. The number of aromatic nitrogens is 2. The molecule has 7 heteroatoms. The second-order valence-corrected chi connectivity index (χ2v) is 7.81. The molecular formula is C21H31N5O2. The van der Waals surface area contributed by atoms with Crippen LogP contribution in [0.1, 0.15) is 37.2 Å².